The van der Waals surface area contributed by atoms with Crippen molar-refractivity contribution in [1.82, 2.24) is 5.06 Å². The summed E-state index contributed by atoms with van der Waals surface area (Å²) in [6, 6.07) is 0. The molecule has 0 aromatic carbocycles. The number of hydroxylamine groups is 2. The monoisotopic (exact) mass is 257 g/mol. The molecule has 1 aliphatic rings. The van der Waals surface area contributed by atoms with Crippen LogP contribution in [0, 0.1) is 0 Å². The van der Waals surface area contributed by atoms with Crippen molar-refractivity contribution in [2.45, 2.75) is 70.9 Å². The summed E-state index contributed by atoms with van der Waals surface area (Å²) in [5.74, 6) is -1.45. The average molecular weight is 257 g/mol. The number of piperidine rings is 1. The van der Waals surface area contributed by atoms with Gasteiger partial charge in [-0.25, -0.2) is 0 Å². The predicted octanol–water partition coefficient (Wildman–Crippen LogP) is 2.35. The van der Waals surface area contributed by atoms with Gasteiger partial charge in [-0.2, -0.15) is 0 Å². The van der Waals surface area contributed by atoms with E-state index >= 15 is 0 Å². The largest absolute Gasteiger partial charge is 0.481 e. The number of carboxylic acid groups (broad SMARTS) is 1. The van der Waals surface area contributed by atoms with Crippen LogP contribution in [0.2, 0.25) is 0 Å². The summed E-state index contributed by atoms with van der Waals surface area (Å²) in [4.78, 5) is 27.5. The highest BCUT2D eigenvalue weighted by atomic mass is 16.7. The van der Waals surface area contributed by atoms with E-state index in [2.05, 4.69) is 0 Å². The van der Waals surface area contributed by atoms with Crippen molar-refractivity contribution >= 4 is 11.9 Å². The van der Waals surface area contributed by atoms with Crippen LogP contribution in [0.3, 0.4) is 0 Å². The molecule has 0 aromatic heterocycles. The standard InChI is InChI=1S/C13H23NO4/c1-12(2)8-5-9-13(3,4)14(12)18-11(17)7-6-10(15)16/h5-9H2,1-4H3,(H,15,16). The Morgan fingerprint density at radius 3 is 2.06 bits per heavy atom. The van der Waals surface area contributed by atoms with E-state index in [1.165, 1.54) is 0 Å². The van der Waals surface area contributed by atoms with Crippen LogP contribution in [-0.2, 0) is 14.4 Å². The molecule has 1 N–H and O–H groups in total. The fourth-order valence-electron chi connectivity index (χ4n) is 2.58. The maximum atomic E-state index is 11.7. The smallest absolute Gasteiger partial charge is 0.325 e. The first kappa shape index (κ1) is 15.0. The first-order chi connectivity index (χ1) is 8.15. The van der Waals surface area contributed by atoms with E-state index < -0.39 is 11.9 Å². The number of nitrogens with zero attached hydrogens (tertiary/aromatic N) is 1. The maximum absolute atomic E-state index is 11.7. The summed E-state index contributed by atoms with van der Waals surface area (Å²) in [5, 5.41) is 10.3. The number of carboxylic acids is 1. The van der Waals surface area contributed by atoms with E-state index in [4.69, 9.17) is 9.94 Å². The molecule has 0 aromatic rings. The minimum Gasteiger partial charge on any atom is -0.481 e. The van der Waals surface area contributed by atoms with Gasteiger partial charge in [0.2, 0.25) is 0 Å². The molecule has 0 saturated carbocycles. The Balaban J connectivity index is 2.66. The van der Waals surface area contributed by atoms with Gasteiger partial charge in [0.25, 0.3) is 0 Å². The summed E-state index contributed by atoms with van der Waals surface area (Å²) in [6.45, 7) is 8.16. The second-order valence-corrected chi connectivity index (χ2v) is 6.13. The molecule has 1 saturated heterocycles. The molecule has 0 amide bonds. The lowest BCUT2D eigenvalue weighted by atomic mass is 9.82. The van der Waals surface area contributed by atoms with Gasteiger partial charge in [0.1, 0.15) is 0 Å². The van der Waals surface area contributed by atoms with Crippen LogP contribution in [0.15, 0.2) is 0 Å². The lowest BCUT2D eigenvalue weighted by Crippen LogP contribution is -2.58. The molecule has 0 bridgehead atoms. The molecule has 1 aliphatic heterocycles. The molecule has 18 heavy (non-hydrogen) atoms. The number of hydrogen-bond donors (Lipinski definition) is 1. The van der Waals surface area contributed by atoms with Crippen LogP contribution in [0.4, 0.5) is 0 Å². The Morgan fingerprint density at radius 1 is 1.11 bits per heavy atom. The van der Waals surface area contributed by atoms with Crippen molar-refractivity contribution in [3.63, 3.8) is 0 Å². The van der Waals surface area contributed by atoms with Crippen molar-refractivity contribution in [3.8, 4) is 0 Å². The van der Waals surface area contributed by atoms with Gasteiger partial charge in [-0.15, -0.1) is 5.06 Å². The maximum Gasteiger partial charge on any atom is 0.325 e. The van der Waals surface area contributed by atoms with Crippen LogP contribution < -0.4 is 0 Å². The highest BCUT2D eigenvalue weighted by molar-refractivity contribution is 5.76. The van der Waals surface area contributed by atoms with Gasteiger partial charge in [-0.3, -0.25) is 9.59 Å². The van der Waals surface area contributed by atoms with Crippen molar-refractivity contribution in [1.29, 1.82) is 0 Å². The Morgan fingerprint density at radius 2 is 1.61 bits per heavy atom. The highest BCUT2D eigenvalue weighted by Gasteiger charge is 2.44. The zero-order chi connectivity index (χ0) is 14.0. The molecule has 0 spiro atoms. The van der Waals surface area contributed by atoms with Gasteiger partial charge < -0.3 is 9.94 Å². The van der Waals surface area contributed by atoms with Crippen molar-refractivity contribution < 1.29 is 19.5 Å². The van der Waals surface area contributed by atoms with E-state index in [9.17, 15) is 9.59 Å². The highest BCUT2D eigenvalue weighted by Crippen LogP contribution is 2.38. The third-order valence-corrected chi connectivity index (χ3v) is 3.41. The molecule has 0 aliphatic carbocycles. The minimum atomic E-state index is -0.982. The molecule has 104 valence electrons. The Kier molecular flexibility index (Phi) is 4.37. The SMILES string of the molecule is CC1(C)CCCC(C)(C)N1OC(=O)CCC(=O)O. The van der Waals surface area contributed by atoms with Gasteiger partial charge in [0.05, 0.1) is 23.9 Å². The summed E-state index contributed by atoms with van der Waals surface area (Å²) in [5.41, 5.74) is -0.415. The predicted molar refractivity (Wildman–Crippen MR) is 66.8 cm³/mol. The topological polar surface area (TPSA) is 66.8 Å². The molecular weight excluding hydrogens is 234 g/mol. The lowest BCUT2D eigenvalue weighted by molar-refractivity contribution is -0.265. The van der Waals surface area contributed by atoms with Gasteiger partial charge in [-0.05, 0) is 47.0 Å². The number of rotatable bonds is 4. The summed E-state index contributed by atoms with van der Waals surface area (Å²) >= 11 is 0. The van der Waals surface area contributed by atoms with E-state index in [1.54, 1.807) is 5.06 Å². The van der Waals surface area contributed by atoms with Crippen LogP contribution in [0.1, 0.15) is 59.8 Å². The molecule has 0 unspecified atom stereocenters. The van der Waals surface area contributed by atoms with Crippen molar-refractivity contribution in [2.75, 3.05) is 0 Å². The van der Waals surface area contributed by atoms with E-state index in [1.807, 2.05) is 27.7 Å². The molecule has 1 fully saturated rings. The molecule has 5 heteroatoms. The molecular formula is C13H23NO4. The zero-order valence-electron chi connectivity index (χ0n) is 11.7. The van der Waals surface area contributed by atoms with Gasteiger partial charge in [-0.1, -0.05) is 0 Å². The molecule has 1 heterocycles. The summed E-state index contributed by atoms with van der Waals surface area (Å²) in [6.07, 6.45) is 2.75. The van der Waals surface area contributed by atoms with Crippen LogP contribution in [-0.4, -0.2) is 33.2 Å². The van der Waals surface area contributed by atoms with Crippen LogP contribution in [0.5, 0.6) is 0 Å². The quantitative estimate of drug-likeness (QED) is 0.837. The normalized spacial score (nSPS) is 22.4. The number of carbonyl (C=O) groups excluding carboxylic acids is 1. The summed E-state index contributed by atoms with van der Waals surface area (Å²) in [7, 11) is 0. The Bertz CT molecular complexity index is 320. The summed E-state index contributed by atoms with van der Waals surface area (Å²) < 4.78 is 0. The molecule has 0 radical (unpaired) electrons. The number of aliphatic carboxylic acids is 1. The van der Waals surface area contributed by atoms with Crippen LogP contribution >= 0.6 is 0 Å². The van der Waals surface area contributed by atoms with E-state index in [0.29, 0.717) is 0 Å². The van der Waals surface area contributed by atoms with Crippen LogP contribution in [0.25, 0.3) is 0 Å². The minimum absolute atomic E-state index is 0.0853. The number of hydrogen-bond acceptors (Lipinski definition) is 4. The lowest BCUT2D eigenvalue weighted by Gasteiger charge is -2.50. The first-order valence-electron chi connectivity index (χ1n) is 6.38. The second kappa shape index (κ2) is 5.26. The second-order valence-electron chi connectivity index (χ2n) is 6.13. The Hall–Kier alpha value is -1.10. The average Bonchev–Trinajstić information content (AvgIpc) is 2.20. The Labute approximate surface area is 108 Å². The number of carbonyl (C=O) groups is 2. The van der Waals surface area contributed by atoms with Crippen molar-refractivity contribution in [3.05, 3.63) is 0 Å². The van der Waals surface area contributed by atoms with Gasteiger partial charge >= 0.3 is 11.9 Å². The third-order valence-electron chi connectivity index (χ3n) is 3.41. The fourth-order valence-corrected chi connectivity index (χ4v) is 2.58. The fraction of sp³-hybridized carbons (Fsp3) is 0.846. The molecule has 0 atom stereocenters. The molecule has 1 rings (SSSR count). The van der Waals surface area contributed by atoms with E-state index in [0.717, 1.165) is 19.3 Å². The van der Waals surface area contributed by atoms with Gasteiger partial charge in [0.15, 0.2) is 0 Å². The van der Waals surface area contributed by atoms with E-state index in [-0.39, 0.29) is 23.9 Å². The zero-order valence-corrected chi connectivity index (χ0v) is 11.7. The first-order valence-corrected chi connectivity index (χ1v) is 6.38. The van der Waals surface area contributed by atoms with Gasteiger partial charge in [0, 0.05) is 0 Å². The van der Waals surface area contributed by atoms with Crippen molar-refractivity contribution in [2.24, 2.45) is 0 Å². The molecule has 5 nitrogen and oxygen atoms in total. The third kappa shape index (κ3) is 3.70.